The van der Waals surface area contributed by atoms with E-state index in [1.165, 1.54) is 11.2 Å². The van der Waals surface area contributed by atoms with Gasteiger partial charge in [0.2, 0.25) is 0 Å². The lowest BCUT2D eigenvalue weighted by Gasteiger charge is -2.23. The predicted molar refractivity (Wildman–Crippen MR) is 131 cm³/mol. The van der Waals surface area contributed by atoms with Crippen LogP contribution in [0.4, 0.5) is 5.69 Å². The van der Waals surface area contributed by atoms with Crippen molar-refractivity contribution >= 4 is 23.1 Å². The number of hydrogen-bond acceptors (Lipinski definition) is 5. The number of aliphatic hydroxyl groups excluding tert-OH is 1. The monoisotopic (exact) mass is 459 g/mol. The van der Waals surface area contributed by atoms with Crippen LogP contribution in [0.2, 0.25) is 0 Å². The zero-order valence-corrected chi connectivity index (χ0v) is 19.9. The summed E-state index contributed by atoms with van der Waals surface area (Å²) in [7, 11) is 0. The number of benzene rings is 2. The van der Waals surface area contributed by atoms with Crippen molar-refractivity contribution in [2.45, 2.75) is 46.1 Å². The molecule has 1 amide bonds. The van der Waals surface area contributed by atoms with Gasteiger partial charge in [0.25, 0.3) is 11.7 Å². The standard InChI is InChI=1S/C28H29NO5/c1-5-18-9-12-20(13-10-18)29-25(23-8-7-15-34-23)24(27(31)28(29)32)26(30)19-11-14-22(33-6-2)21(16-19)17(3)4/h7-17,25,30H,5-6H2,1-4H3/b26-24-. The van der Waals surface area contributed by atoms with E-state index in [-0.39, 0.29) is 17.3 Å². The third-order valence-corrected chi connectivity index (χ3v) is 6.08. The fourth-order valence-corrected chi connectivity index (χ4v) is 4.30. The van der Waals surface area contributed by atoms with Crippen molar-refractivity contribution in [3.63, 3.8) is 0 Å². The zero-order chi connectivity index (χ0) is 24.4. The minimum Gasteiger partial charge on any atom is -0.507 e. The second-order valence-electron chi connectivity index (χ2n) is 8.54. The van der Waals surface area contributed by atoms with E-state index in [0.29, 0.717) is 23.6 Å². The number of carbonyl (C=O) groups excluding carboxylic acids is 2. The Kier molecular flexibility index (Phi) is 6.59. The fraction of sp³-hybridized carbons (Fsp3) is 0.286. The Morgan fingerprint density at radius 1 is 1.09 bits per heavy atom. The highest BCUT2D eigenvalue weighted by atomic mass is 16.5. The molecule has 34 heavy (non-hydrogen) atoms. The lowest BCUT2D eigenvalue weighted by molar-refractivity contribution is -0.132. The summed E-state index contributed by atoms with van der Waals surface area (Å²) in [5, 5.41) is 11.3. The third-order valence-electron chi connectivity index (χ3n) is 6.08. The average Bonchev–Trinajstić information content (AvgIpc) is 3.46. The van der Waals surface area contributed by atoms with Gasteiger partial charge in [-0.3, -0.25) is 14.5 Å². The maximum atomic E-state index is 13.2. The van der Waals surface area contributed by atoms with Crippen LogP contribution in [0.3, 0.4) is 0 Å². The first kappa shape index (κ1) is 23.4. The molecule has 1 aromatic heterocycles. The first-order chi connectivity index (χ1) is 16.4. The van der Waals surface area contributed by atoms with Crippen molar-refractivity contribution < 1.29 is 23.8 Å². The summed E-state index contributed by atoms with van der Waals surface area (Å²) in [5.41, 5.74) is 3.03. The summed E-state index contributed by atoms with van der Waals surface area (Å²) >= 11 is 0. The van der Waals surface area contributed by atoms with E-state index in [0.717, 1.165) is 23.3 Å². The highest BCUT2D eigenvalue weighted by Crippen LogP contribution is 2.43. The molecule has 0 spiro atoms. The maximum absolute atomic E-state index is 13.2. The van der Waals surface area contributed by atoms with Gasteiger partial charge in [-0.15, -0.1) is 0 Å². The van der Waals surface area contributed by atoms with Gasteiger partial charge >= 0.3 is 0 Å². The van der Waals surface area contributed by atoms with E-state index >= 15 is 0 Å². The lowest BCUT2D eigenvalue weighted by atomic mass is 9.95. The molecule has 1 saturated heterocycles. The highest BCUT2D eigenvalue weighted by Gasteiger charge is 2.48. The molecule has 1 aliphatic heterocycles. The minimum absolute atomic E-state index is 0.00150. The number of Topliss-reactive ketones (excluding diaryl/α,β-unsaturated/α-hetero) is 1. The second-order valence-corrected chi connectivity index (χ2v) is 8.54. The summed E-state index contributed by atoms with van der Waals surface area (Å²) in [6.07, 6.45) is 2.35. The number of ketones is 1. The molecule has 0 bridgehead atoms. The number of ether oxygens (including phenoxy) is 1. The van der Waals surface area contributed by atoms with Crippen molar-refractivity contribution in [2.75, 3.05) is 11.5 Å². The Bertz CT molecular complexity index is 1220. The maximum Gasteiger partial charge on any atom is 0.300 e. The van der Waals surface area contributed by atoms with Gasteiger partial charge in [-0.25, -0.2) is 0 Å². The topological polar surface area (TPSA) is 80.0 Å². The Balaban J connectivity index is 1.87. The fourth-order valence-electron chi connectivity index (χ4n) is 4.30. The van der Waals surface area contributed by atoms with E-state index in [2.05, 4.69) is 0 Å². The van der Waals surface area contributed by atoms with Crippen LogP contribution in [0.25, 0.3) is 5.76 Å². The van der Waals surface area contributed by atoms with E-state index in [1.54, 1.807) is 24.3 Å². The van der Waals surface area contributed by atoms with Crippen LogP contribution in [0.5, 0.6) is 5.75 Å². The van der Waals surface area contributed by atoms with E-state index in [4.69, 9.17) is 9.15 Å². The van der Waals surface area contributed by atoms with Crippen molar-refractivity contribution in [3.8, 4) is 5.75 Å². The first-order valence-electron chi connectivity index (χ1n) is 11.6. The zero-order valence-electron chi connectivity index (χ0n) is 19.9. The van der Waals surface area contributed by atoms with E-state index in [1.807, 2.05) is 58.0 Å². The van der Waals surface area contributed by atoms with Crippen LogP contribution in [0.1, 0.15) is 62.1 Å². The van der Waals surface area contributed by atoms with Gasteiger partial charge in [0.15, 0.2) is 0 Å². The number of aryl methyl sites for hydroxylation is 1. The van der Waals surface area contributed by atoms with Crippen LogP contribution in [-0.4, -0.2) is 23.4 Å². The van der Waals surface area contributed by atoms with Gasteiger partial charge in [-0.05, 0) is 72.9 Å². The van der Waals surface area contributed by atoms with Gasteiger partial charge < -0.3 is 14.3 Å². The van der Waals surface area contributed by atoms with Crippen molar-refractivity contribution in [2.24, 2.45) is 0 Å². The molecule has 1 aliphatic rings. The average molecular weight is 460 g/mol. The number of furan rings is 1. The molecule has 4 rings (SSSR count). The number of aliphatic hydroxyl groups is 1. The number of hydrogen-bond donors (Lipinski definition) is 1. The highest BCUT2D eigenvalue weighted by molar-refractivity contribution is 6.51. The lowest BCUT2D eigenvalue weighted by Crippen LogP contribution is -2.29. The summed E-state index contributed by atoms with van der Waals surface area (Å²) in [6.45, 7) is 8.54. The van der Waals surface area contributed by atoms with Crippen LogP contribution in [0, 0.1) is 0 Å². The van der Waals surface area contributed by atoms with Gasteiger partial charge in [0.05, 0.1) is 18.4 Å². The van der Waals surface area contributed by atoms with Crippen LogP contribution < -0.4 is 9.64 Å². The Hall–Kier alpha value is -3.80. The summed E-state index contributed by atoms with van der Waals surface area (Å²) in [5.74, 6) is -0.434. The van der Waals surface area contributed by atoms with Crippen molar-refractivity contribution in [1.82, 2.24) is 0 Å². The molecule has 1 fully saturated rings. The Morgan fingerprint density at radius 3 is 2.41 bits per heavy atom. The number of amides is 1. The molecule has 2 aromatic carbocycles. The molecule has 0 saturated carbocycles. The van der Waals surface area contributed by atoms with Gasteiger partial charge in [-0.2, -0.15) is 0 Å². The smallest absolute Gasteiger partial charge is 0.300 e. The molecular formula is C28H29NO5. The SMILES string of the molecule is CCOc1ccc(/C(O)=C2/C(=O)C(=O)N(c3ccc(CC)cc3)C2c2ccco2)cc1C(C)C. The summed E-state index contributed by atoms with van der Waals surface area (Å²) in [4.78, 5) is 27.8. The predicted octanol–water partition coefficient (Wildman–Crippen LogP) is 5.99. The number of anilines is 1. The third kappa shape index (κ3) is 4.12. The van der Waals surface area contributed by atoms with Gasteiger partial charge in [0, 0.05) is 11.3 Å². The van der Waals surface area contributed by atoms with E-state index < -0.39 is 17.7 Å². The van der Waals surface area contributed by atoms with Gasteiger partial charge in [-0.1, -0.05) is 32.9 Å². The molecule has 1 unspecified atom stereocenters. The number of carbonyl (C=O) groups is 2. The quantitative estimate of drug-likeness (QED) is 0.267. The second kappa shape index (κ2) is 9.59. The molecule has 6 nitrogen and oxygen atoms in total. The van der Waals surface area contributed by atoms with Crippen molar-refractivity contribution in [1.29, 1.82) is 0 Å². The molecule has 0 radical (unpaired) electrons. The Morgan fingerprint density at radius 2 is 1.82 bits per heavy atom. The molecule has 3 aromatic rings. The first-order valence-corrected chi connectivity index (χ1v) is 11.6. The van der Waals surface area contributed by atoms with Crippen LogP contribution in [-0.2, 0) is 16.0 Å². The van der Waals surface area contributed by atoms with E-state index in [9.17, 15) is 14.7 Å². The molecular weight excluding hydrogens is 430 g/mol. The van der Waals surface area contributed by atoms with Crippen LogP contribution in [0.15, 0.2) is 70.9 Å². The van der Waals surface area contributed by atoms with Crippen LogP contribution >= 0.6 is 0 Å². The normalized spacial score (nSPS) is 17.6. The van der Waals surface area contributed by atoms with Crippen molar-refractivity contribution in [3.05, 3.63) is 88.9 Å². The molecule has 0 aliphatic carbocycles. The molecule has 6 heteroatoms. The van der Waals surface area contributed by atoms with Gasteiger partial charge in [0.1, 0.15) is 23.3 Å². The molecule has 2 heterocycles. The summed E-state index contributed by atoms with van der Waals surface area (Å²) < 4.78 is 11.4. The molecule has 1 N–H and O–H groups in total. The number of nitrogens with zero attached hydrogens (tertiary/aromatic N) is 1. The Labute approximate surface area is 199 Å². The minimum atomic E-state index is -0.878. The summed E-state index contributed by atoms with van der Waals surface area (Å²) in [6, 6.07) is 15.3. The molecule has 176 valence electrons. The largest absolute Gasteiger partial charge is 0.507 e. The molecule has 1 atom stereocenters. The number of rotatable bonds is 7.